The number of hydrogen-bond acceptors (Lipinski definition) is 4. The van der Waals surface area contributed by atoms with Crippen molar-refractivity contribution in [2.75, 3.05) is 0 Å². The Morgan fingerprint density at radius 3 is 1.97 bits per heavy atom. The van der Waals surface area contributed by atoms with E-state index in [1.165, 1.54) is 41.4 Å². The molecule has 0 radical (unpaired) electrons. The van der Waals surface area contributed by atoms with E-state index in [9.17, 15) is 26.3 Å². The number of aryl methyl sites for hydroxylation is 1. The van der Waals surface area contributed by atoms with E-state index < -0.39 is 23.5 Å². The van der Waals surface area contributed by atoms with Crippen LogP contribution < -0.4 is 5.49 Å². The summed E-state index contributed by atoms with van der Waals surface area (Å²) < 4.78 is 79.1. The van der Waals surface area contributed by atoms with E-state index in [-0.39, 0.29) is 16.7 Å². The van der Waals surface area contributed by atoms with Crippen molar-refractivity contribution in [3.63, 3.8) is 0 Å². The first-order valence-electron chi connectivity index (χ1n) is 9.36. The summed E-state index contributed by atoms with van der Waals surface area (Å²) in [5, 5.41) is 12.4. The number of imidazole rings is 1. The van der Waals surface area contributed by atoms with Crippen molar-refractivity contribution in [2.24, 2.45) is 5.10 Å². The molecule has 0 amide bonds. The fraction of sp³-hybridized carbons (Fsp3) is 0.143. The number of nitrogens with one attached hydrogen (secondary N) is 1. The summed E-state index contributed by atoms with van der Waals surface area (Å²) in [5.74, 6) is 0.398. The Kier molecular flexibility index (Phi) is 5.30. The van der Waals surface area contributed by atoms with Gasteiger partial charge in [0.05, 0.1) is 17.3 Å². The molecular formula is C21H14F6N6. The average molecular weight is 464 g/mol. The topological polar surface area (TPSA) is 71.8 Å². The molecule has 0 bridgehead atoms. The van der Waals surface area contributed by atoms with Crippen molar-refractivity contribution in [1.82, 2.24) is 19.2 Å². The summed E-state index contributed by atoms with van der Waals surface area (Å²) in [5.41, 5.74) is -0.573. The van der Waals surface area contributed by atoms with Crippen molar-refractivity contribution in [3.05, 3.63) is 82.9 Å². The van der Waals surface area contributed by atoms with Crippen LogP contribution in [-0.2, 0) is 12.4 Å². The van der Waals surface area contributed by atoms with Gasteiger partial charge in [-0.1, -0.05) is 12.1 Å². The van der Waals surface area contributed by atoms with E-state index in [4.69, 9.17) is 5.41 Å². The Morgan fingerprint density at radius 2 is 1.42 bits per heavy atom. The van der Waals surface area contributed by atoms with Gasteiger partial charge in [0, 0.05) is 5.69 Å². The molecule has 4 rings (SSSR count). The number of aromatic nitrogens is 4. The summed E-state index contributed by atoms with van der Waals surface area (Å²) in [4.78, 5) is 8.51. The smallest absolute Gasteiger partial charge is 0.281 e. The van der Waals surface area contributed by atoms with Crippen LogP contribution in [0.2, 0.25) is 0 Å². The van der Waals surface area contributed by atoms with Crippen molar-refractivity contribution < 1.29 is 26.3 Å². The second-order valence-corrected chi connectivity index (χ2v) is 7.01. The maximum absolute atomic E-state index is 12.8. The molecule has 0 fully saturated rings. The van der Waals surface area contributed by atoms with Crippen molar-refractivity contribution in [2.45, 2.75) is 19.3 Å². The van der Waals surface area contributed by atoms with Crippen LogP contribution in [0.15, 0.2) is 60.0 Å². The van der Waals surface area contributed by atoms with Gasteiger partial charge in [-0.25, -0.2) is 14.6 Å². The molecule has 4 aromatic rings. The number of hydrogen-bond donors (Lipinski definition) is 1. The minimum atomic E-state index is -4.46. The molecule has 2 aromatic heterocycles. The van der Waals surface area contributed by atoms with Crippen LogP contribution in [-0.4, -0.2) is 25.4 Å². The largest absolute Gasteiger partial charge is 0.416 e. The molecule has 12 heteroatoms. The molecular weight excluding hydrogens is 450 g/mol. The van der Waals surface area contributed by atoms with Gasteiger partial charge >= 0.3 is 12.4 Å². The third-order valence-corrected chi connectivity index (χ3v) is 4.79. The number of nitrogens with zero attached hydrogens (tertiary/aromatic N) is 5. The Bertz CT molecular complexity index is 1390. The highest BCUT2D eigenvalue weighted by atomic mass is 19.4. The Hall–Kier alpha value is -3.96. The van der Waals surface area contributed by atoms with Crippen molar-refractivity contribution in [1.29, 1.82) is 5.41 Å². The molecule has 0 unspecified atom stereocenters. The summed E-state index contributed by atoms with van der Waals surface area (Å²) in [6, 6.07) is 8.78. The molecule has 0 atom stereocenters. The molecule has 0 aliphatic rings. The second kappa shape index (κ2) is 7.87. The lowest BCUT2D eigenvalue weighted by Gasteiger charge is -2.10. The fourth-order valence-electron chi connectivity index (χ4n) is 3.16. The molecule has 0 aliphatic heterocycles. The normalized spacial score (nSPS) is 12.7. The first-order chi connectivity index (χ1) is 15.4. The zero-order valence-corrected chi connectivity index (χ0v) is 16.8. The van der Waals surface area contributed by atoms with Crippen molar-refractivity contribution in [3.8, 4) is 5.69 Å². The number of fused-ring (bicyclic) bond motifs is 1. The van der Waals surface area contributed by atoms with E-state index >= 15 is 0 Å². The predicted molar refractivity (Wildman–Crippen MR) is 107 cm³/mol. The van der Waals surface area contributed by atoms with E-state index in [1.807, 2.05) is 0 Å². The predicted octanol–water partition coefficient (Wildman–Crippen LogP) is 4.93. The Morgan fingerprint density at radius 1 is 0.879 bits per heavy atom. The van der Waals surface area contributed by atoms with Crippen LogP contribution in [0.25, 0.3) is 16.9 Å². The summed E-state index contributed by atoms with van der Waals surface area (Å²) in [6.07, 6.45) is -6.43. The second-order valence-electron chi connectivity index (χ2n) is 7.01. The SMILES string of the molecule is Cc1nc2c(=N)n(N=Cc3ccc(C(F)(F)F)cc3)cnc2n1-c1ccc(C(F)(F)F)cc1. The molecule has 170 valence electrons. The van der Waals surface area contributed by atoms with E-state index in [1.54, 1.807) is 6.92 Å². The van der Waals surface area contributed by atoms with Gasteiger partial charge in [-0.15, -0.1) is 0 Å². The third-order valence-electron chi connectivity index (χ3n) is 4.79. The zero-order valence-electron chi connectivity index (χ0n) is 16.8. The molecule has 6 nitrogen and oxygen atoms in total. The Labute approximate surface area is 182 Å². The van der Waals surface area contributed by atoms with Crippen LogP contribution >= 0.6 is 0 Å². The lowest BCUT2D eigenvalue weighted by Crippen LogP contribution is -2.18. The maximum atomic E-state index is 12.8. The van der Waals surface area contributed by atoms with E-state index in [2.05, 4.69) is 15.1 Å². The standard InChI is InChI=1S/C21H14F6N6/c1-12-31-17-18(28)32(30-10-13-2-4-14(5-3-13)20(22,23)24)11-29-19(17)33(12)16-8-6-15(7-9-16)21(25,26)27/h2-11,28H,1H3. The quantitative estimate of drug-likeness (QED) is 0.345. The highest BCUT2D eigenvalue weighted by Crippen LogP contribution is 2.30. The van der Waals surface area contributed by atoms with Gasteiger partial charge < -0.3 is 0 Å². The van der Waals surface area contributed by atoms with Gasteiger partial charge in [0.25, 0.3) is 0 Å². The Balaban J connectivity index is 1.68. The van der Waals surface area contributed by atoms with E-state index in [0.29, 0.717) is 17.1 Å². The lowest BCUT2D eigenvalue weighted by atomic mass is 10.1. The lowest BCUT2D eigenvalue weighted by molar-refractivity contribution is -0.138. The van der Waals surface area contributed by atoms with Gasteiger partial charge in [-0.05, 0) is 48.9 Å². The number of benzene rings is 2. The first kappa shape index (κ1) is 22.2. The number of rotatable bonds is 3. The molecule has 1 N–H and O–H groups in total. The molecule has 0 saturated heterocycles. The minimum Gasteiger partial charge on any atom is -0.281 e. The van der Waals surface area contributed by atoms with E-state index in [0.717, 1.165) is 28.9 Å². The summed E-state index contributed by atoms with van der Waals surface area (Å²) >= 11 is 0. The molecule has 0 aliphatic carbocycles. The molecule has 0 spiro atoms. The van der Waals surface area contributed by atoms with Crippen LogP contribution in [0, 0.1) is 12.3 Å². The van der Waals surface area contributed by atoms with Gasteiger partial charge in [-0.3, -0.25) is 9.98 Å². The average Bonchev–Trinajstić information content (AvgIpc) is 3.09. The highest BCUT2D eigenvalue weighted by molar-refractivity contribution is 5.79. The number of halogens is 6. The van der Waals surface area contributed by atoms with Crippen molar-refractivity contribution >= 4 is 17.4 Å². The van der Waals surface area contributed by atoms with Gasteiger partial charge in [-0.2, -0.15) is 31.4 Å². The van der Waals surface area contributed by atoms with Crippen LogP contribution in [0.4, 0.5) is 26.3 Å². The zero-order chi connectivity index (χ0) is 24.0. The monoisotopic (exact) mass is 464 g/mol. The maximum Gasteiger partial charge on any atom is 0.416 e. The molecule has 2 heterocycles. The first-order valence-corrected chi connectivity index (χ1v) is 9.36. The third kappa shape index (κ3) is 4.36. The highest BCUT2D eigenvalue weighted by Gasteiger charge is 2.30. The van der Waals surface area contributed by atoms with Crippen LogP contribution in [0.1, 0.15) is 22.5 Å². The number of alkyl halides is 6. The van der Waals surface area contributed by atoms with Crippen LogP contribution in [0.3, 0.4) is 0 Å². The summed E-state index contributed by atoms with van der Waals surface area (Å²) in [7, 11) is 0. The van der Waals surface area contributed by atoms with Crippen LogP contribution in [0.5, 0.6) is 0 Å². The van der Waals surface area contributed by atoms with Gasteiger partial charge in [0.15, 0.2) is 16.7 Å². The molecule has 0 saturated carbocycles. The molecule has 33 heavy (non-hydrogen) atoms. The minimum absolute atomic E-state index is 0.152. The van der Waals surface area contributed by atoms with Gasteiger partial charge in [0.2, 0.25) is 0 Å². The molecule has 2 aromatic carbocycles. The summed E-state index contributed by atoms with van der Waals surface area (Å²) in [6.45, 7) is 1.62. The van der Waals surface area contributed by atoms with Gasteiger partial charge in [0.1, 0.15) is 12.2 Å². The fourth-order valence-corrected chi connectivity index (χ4v) is 3.16.